The fraction of sp³-hybridized carbons (Fsp3) is 0.167. The van der Waals surface area contributed by atoms with Crippen LogP contribution in [0.4, 0.5) is 0 Å². The molecule has 0 radical (unpaired) electrons. The molecule has 3 aromatic rings. The Labute approximate surface area is 157 Å². The number of nitrogens with zero attached hydrogens (tertiary/aromatic N) is 2. The molecule has 3 rings (SSSR count). The maximum atomic E-state index is 12.4. The highest BCUT2D eigenvalue weighted by molar-refractivity contribution is 7.89. The maximum Gasteiger partial charge on any atom is 0.240 e. The predicted molar refractivity (Wildman–Crippen MR) is 99.8 cm³/mol. The fourth-order valence-electron chi connectivity index (χ4n) is 2.49. The molecule has 2 N–H and O–H groups in total. The molecule has 6 nitrogen and oxygen atoms in total. The minimum Gasteiger partial charge on any atom is -0.388 e. The first-order valence-corrected chi connectivity index (χ1v) is 9.85. The normalized spacial score (nSPS) is 12.8. The summed E-state index contributed by atoms with van der Waals surface area (Å²) in [6.07, 6.45) is 2.88. The zero-order valence-electron chi connectivity index (χ0n) is 13.8. The third-order valence-electron chi connectivity index (χ3n) is 3.86. The van der Waals surface area contributed by atoms with Gasteiger partial charge in [-0.05, 0) is 54.4 Å². The van der Waals surface area contributed by atoms with Crippen molar-refractivity contribution in [1.82, 2.24) is 14.5 Å². The number of rotatable bonds is 7. The van der Waals surface area contributed by atoms with E-state index >= 15 is 0 Å². The molecule has 2 aromatic carbocycles. The molecule has 0 spiro atoms. The first-order chi connectivity index (χ1) is 12.5. The van der Waals surface area contributed by atoms with Gasteiger partial charge in [0, 0.05) is 24.0 Å². The van der Waals surface area contributed by atoms with Crippen molar-refractivity contribution >= 4 is 21.6 Å². The molecule has 1 heterocycles. The summed E-state index contributed by atoms with van der Waals surface area (Å²) < 4.78 is 28.9. The third kappa shape index (κ3) is 4.50. The van der Waals surface area contributed by atoms with Gasteiger partial charge in [0.1, 0.15) is 0 Å². The van der Waals surface area contributed by atoms with E-state index in [9.17, 15) is 13.5 Å². The number of hydrogen-bond acceptors (Lipinski definition) is 4. The smallest absolute Gasteiger partial charge is 0.240 e. The Balaban J connectivity index is 1.60. The summed E-state index contributed by atoms with van der Waals surface area (Å²) in [6, 6.07) is 15.1. The highest BCUT2D eigenvalue weighted by Crippen LogP contribution is 2.20. The number of sulfonamides is 1. The molecule has 0 saturated heterocycles. The van der Waals surface area contributed by atoms with Crippen LogP contribution in [0.5, 0.6) is 0 Å². The molecule has 0 unspecified atom stereocenters. The summed E-state index contributed by atoms with van der Waals surface area (Å²) in [4.78, 5) is 0.158. The van der Waals surface area contributed by atoms with Gasteiger partial charge in [-0.3, -0.25) is 0 Å². The Hall–Kier alpha value is -2.19. The SMILES string of the molecule is O=S(=O)(NCC[C@@H](O)c1cccc(Cl)c1)c1ccc(-n2cccn2)cc1. The molecule has 8 heteroatoms. The van der Waals surface area contributed by atoms with Crippen LogP contribution in [0.3, 0.4) is 0 Å². The minimum absolute atomic E-state index is 0.108. The lowest BCUT2D eigenvalue weighted by molar-refractivity contribution is 0.169. The average Bonchev–Trinajstić information content (AvgIpc) is 3.16. The topological polar surface area (TPSA) is 84.2 Å². The number of hydrogen-bond donors (Lipinski definition) is 2. The van der Waals surface area contributed by atoms with Crippen molar-refractivity contribution in [3.05, 3.63) is 77.6 Å². The van der Waals surface area contributed by atoms with Gasteiger partial charge in [0.2, 0.25) is 10.0 Å². The second kappa shape index (κ2) is 8.01. The van der Waals surface area contributed by atoms with Gasteiger partial charge in [0.15, 0.2) is 0 Å². The van der Waals surface area contributed by atoms with Crippen LogP contribution in [-0.4, -0.2) is 29.8 Å². The van der Waals surface area contributed by atoms with E-state index in [0.717, 1.165) is 5.69 Å². The van der Waals surface area contributed by atoms with Crippen LogP contribution >= 0.6 is 11.6 Å². The summed E-state index contributed by atoms with van der Waals surface area (Å²) >= 11 is 5.90. The van der Waals surface area contributed by atoms with Gasteiger partial charge in [0.05, 0.1) is 16.7 Å². The largest absolute Gasteiger partial charge is 0.388 e. The average molecular weight is 392 g/mol. The van der Waals surface area contributed by atoms with Crippen LogP contribution in [0, 0.1) is 0 Å². The van der Waals surface area contributed by atoms with Gasteiger partial charge in [0.25, 0.3) is 0 Å². The van der Waals surface area contributed by atoms with Gasteiger partial charge in [-0.15, -0.1) is 0 Å². The summed E-state index contributed by atoms with van der Waals surface area (Å²) in [5, 5.41) is 14.8. The molecular formula is C18H18ClN3O3S. The molecule has 26 heavy (non-hydrogen) atoms. The quantitative estimate of drug-likeness (QED) is 0.648. The molecule has 0 aliphatic rings. The van der Waals surface area contributed by atoms with Crippen LogP contribution in [0.1, 0.15) is 18.1 Å². The van der Waals surface area contributed by atoms with Crippen LogP contribution in [0.15, 0.2) is 71.9 Å². The van der Waals surface area contributed by atoms with Gasteiger partial charge in [-0.2, -0.15) is 5.10 Å². The summed E-state index contributed by atoms with van der Waals surface area (Å²) in [5.41, 5.74) is 1.42. The highest BCUT2D eigenvalue weighted by Gasteiger charge is 2.15. The third-order valence-corrected chi connectivity index (χ3v) is 5.57. The summed E-state index contributed by atoms with van der Waals surface area (Å²) in [5.74, 6) is 0. The van der Waals surface area contributed by atoms with E-state index in [1.165, 1.54) is 12.1 Å². The summed E-state index contributed by atoms with van der Waals surface area (Å²) in [6.45, 7) is 0.108. The van der Waals surface area contributed by atoms with Crippen molar-refractivity contribution in [2.24, 2.45) is 0 Å². The molecule has 0 saturated carbocycles. The maximum absolute atomic E-state index is 12.4. The summed E-state index contributed by atoms with van der Waals surface area (Å²) in [7, 11) is -3.65. The minimum atomic E-state index is -3.65. The Morgan fingerprint density at radius 1 is 1.15 bits per heavy atom. The number of aliphatic hydroxyl groups excluding tert-OH is 1. The molecule has 0 bridgehead atoms. The first kappa shape index (κ1) is 18.6. The van der Waals surface area contributed by atoms with Crippen molar-refractivity contribution in [2.75, 3.05) is 6.54 Å². The standard InChI is InChI=1S/C18H18ClN3O3S/c19-15-4-1-3-14(13-15)18(23)9-11-21-26(24,25)17-7-5-16(6-8-17)22-12-2-10-20-22/h1-8,10,12-13,18,21,23H,9,11H2/t18-/m1/s1. The van der Waals surface area contributed by atoms with E-state index in [1.54, 1.807) is 59.5 Å². The molecule has 1 aromatic heterocycles. The van der Waals surface area contributed by atoms with Crippen molar-refractivity contribution in [1.29, 1.82) is 0 Å². The van der Waals surface area contributed by atoms with Gasteiger partial charge in [-0.1, -0.05) is 23.7 Å². The lowest BCUT2D eigenvalue weighted by Gasteiger charge is -2.12. The molecule has 0 amide bonds. The Morgan fingerprint density at radius 3 is 2.58 bits per heavy atom. The van der Waals surface area contributed by atoms with Crippen LogP contribution in [-0.2, 0) is 10.0 Å². The second-order valence-corrected chi connectivity index (χ2v) is 7.91. The molecule has 0 aliphatic carbocycles. The van der Waals surface area contributed by atoms with E-state index < -0.39 is 16.1 Å². The lowest BCUT2D eigenvalue weighted by atomic mass is 10.1. The van der Waals surface area contributed by atoms with Crippen molar-refractivity contribution < 1.29 is 13.5 Å². The second-order valence-electron chi connectivity index (χ2n) is 5.70. The van der Waals surface area contributed by atoms with Crippen LogP contribution in [0.25, 0.3) is 5.69 Å². The number of aromatic nitrogens is 2. The molecule has 0 fully saturated rings. The zero-order chi connectivity index (χ0) is 18.6. The molecule has 1 atom stereocenters. The zero-order valence-corrected chi connectivity index (χ0v) is 15.4. The van der Waals surface area contributed by atoms with E-state index in [1.807, 2.05) is 0 Å². The molecule has 0 aliphatic heterocycles. The van der Waals surface area contributed by atoms with Crippen molar-refractivity contribution in [3.63, 3.8) is 0 Å². The van der Waals surface area contributed by atoms with E-state index in [-0.39, 0.29) is 17.9 Å². The molecular weight excluding hydrogens is 374 g/mol. The lowest BCUT2D eigenvalue weighted by Crippen LogP contribution is -2.26. The Kier molecular flexibility index (Phi) is 5.73. The Bertz CT molecular complexity index is 958. The monoisotopic (exact) mass is 391 g/mol. The first-order valence-electron chi connectivity index (χ1n) is 7.99. The Morgan fingerprint density at radius 2 is 1.92 bits per heavy atom. The van der Waals surface area contributed by atoms with Gasteiger partial charge >= 0.3 is 0 Å². The van der Waals surface area contributed by atoms with Gasteiger partial charge in [-0.25, -0.2) is 17.8 Å². The number of halogens is 1. The predicted octanol–water partition coefficient (Wildman–Crippen LogP) is 2.93. The highest BCUT2D eigenvalue weighted by atomic mass is 35.5. The number of nitrogens with one attached hydrogen (secondary N) is 1. The van der Waals surface area contributed by atoms with Crippen molar-refractivity contribution in [2.45, 2.75) is 17.4 Å². The van der Waals surface area contributed by atoms with Crippen LogP contribution in [0.2, 0.25) is 5.02 Å². The van der Waals surface area contributed by atoms with Gasteiger partial charge < -0.3 is 5.11 Å². The van der Waals surface area contributed by atoms with E-state index in [0.29, 0.717) is 10.6 Å². The van der Waals surface area contributed by atoms with Crippen LogP contribution < -0.4 is 4.72 Å². The fourth-order valence-corrected chi connectivity index (χ4v) is 3.74. The molecule has 136 valence electrons. The van der Waals surface area contributed by atoms with Crippen molar-refractivity contribution in [3.8, 4) is 5.69 Å². The van der Waals surface area contributed by atoms with E-state index in [2.05, 4.69) is 9.82 Å². The number of aliphatic hydroxyl groups is 1. The van der Waals surface area contributed by atoms with E-state index in [4.69, 9.17) is 11.6 Å². The number of benzene rings is 2.